The summed E-state index contributed by atoms with van der Waals surface area (Å²) in [7, 11) is -4.30. The predicted octanol–water partition coefficient (Wildman–Crippen LogP) is 3.86. The number of sulfonamides is 1. The first-order valence-electron chi connectivity index (χ1n) is 19.2. The van der Waals surface area contributed by atoms with Crippen molar-refractivity contribution in [2.75, 3.05) is 13.2 Å². The van der Waals surface area contributed by atoms with Crippen LogP contribution in [0, 0.1) is 11.3 Å². The van der Waals surface area contributed by atoms with Crippen LogP contribution < -0.4 is 20.1 Å². The summed E-state index contributed by atoms with van der Waals surface area (Å²) in [5, 5.41) is 4.94. The highest BCUT2D eigenvalue weighted by atomic mass is 32.2. The fourth-order valence-electron chi connectivity index (χ4n) is 7.73. The van der Waals surface area contributed by atoms with E-state index in [0.29, 0.717) is 25.3 Å². The Morgan fingerprint density at radius 1 is 1.03 bits per heavy atom. The van der Waals surface area contributed by atoms with Gasteiger partial charge in [0.25, 0.3) is 5.91 Å². The van der Waals surface area contributed by atoms with Crippen molar-refractivity contribution < 1.29 is 59.4 Å². The first-order chi connectivity index (χ1) is 27.1. The maximum Gasteiger partial charge on any atom is 0.408 e. The molecule has 4 fully saturated rings. The van der Waals surface area contributed by atoms with Crippen LogP contribution in [0.4, 0.5) is 22.4 Å². The summed E-state index contributed by atoms with van der Waals surface area (Å²) in [6, 6.07) is 3.27. The number of amides is 4. The topological polar surface area (TPSA) is 195 Å². The van der Waals surface area contributed by atoms with E-state index in [1.54, 1.807) is 32.9 Å². The van der Waals surface area contributed by atoms with Crippen molar-refractivity contribution in [1.82, 2.24) is 30.2 Å². The molecule has 1 aromatic heterocycles. The number of hydrogen-bond acceptors (Lipinski definition) is 11. The molecule has 2 aliphatic heterocycles. The van der Waals surface area contributed by atoms with E-state index in [1.807, 2.05) is 4.72 Å². The zero-order valence-corrected chi connectivity index (χ0v) is 33.1. The van der Waals surface area contributed by atoms with Crippen LogP contribution in [-0.2, 0) is 39.8 Å². The van der Waals surface area contributed by atoms with Gasteiger partial charge in [-0.1, -0.05) is 39.0 Å². The number of aromatic nitrogens is 2. The van der Waals surface area contributed by atoms with Gasteiger partial charge in [-0.2, -0.15) is 8.78 Å². The van der Waals surface area contributed by atoms with Gasteiger partial charge >= 0.3 is 12.0 Å². The minimum atomic E-state index is -4.30. The first kappa shape index (κ1) is 41.6. The van der Waals surface area contributed by atoms with Gasteiger partial charge in [0.15, 0.2) is 5.69 Å². The second-order valence-electron chi connectivity index (χ2n) is 17.1. The van der Waals surface area contributed by atoms with E-state index in [9.17, 15) is 36.4 Å². The van der Waals surface area contributed by atoms with Gasteiger partial charge < -0.3 is 29.7 Å². The lowest BCUT2D eigenvalue weighted by molar-refractivity contribution is -0.143. The number of allylic oxidation sites excluding steroid dienone is 1. The normalized spacial score (nSPS) is 30.9. The number of carbonyl (C=O) groups is 4. The number of carbonyl (C=O) groups excluding carboxylic acids is 4. The molecule has 3 aliphatic carbocycles. The van der Waals surface area contributed by atoms with Crippen molar-refractivity contribution >= 4 is 44.9 Å². The molecule has 3 N–H and O–H groups in total. The van der Waals surface area contributed by atoms with E-state index in [2.05, 4.69) is 20.6 Å². The second-order valence-corrected chi connectivity index (χ2v) is 19.3. The molecule has 3 saturated carbocycles. The standard InChI is InChI=1S/C38H46F4N6O9S/c1-35(2,3)28-32(50)48-19-20(17-24(48)30(49)46-37(18-21(37)29(39)40)33(51)47-58(53,54)36(4)14-15-36)56-31-27(43-22-9-5-6-10-23(22)44-31)38(41,42)13-8-16-55-25-11-7-12-26(25)57-34(52)45-28/h5-6,8-10,13,20-21,24-26,28-29H,7,11-12,14-19H2,1-4H3,(H,45,52)(H,46,49)(H,47,51)/t20?,21?,24?,25?,26?,28?,37-/m1/s1. The quantitative estimate of drug-likeness (QED) is 0.283. The van der Waals surface area contributed by atoms with E-state index in [0.717, 1.165) is 11.0 Å². The summed E-state index contributed by atoms with van der Waals surface area (Å²) in [6.45, 7) is 5.63. The lowest BCUT2D eigenvalue weighted by Gasteiger charge is -2.35. The van der Waals surface area contributed by atoms with Gasteiger partial charge in [0.1, 0.15) is 29.8 Å². The lowest BCUT2D eigenvalue weighted by Crippen LogP contribution is -2.60. The Kier molecular flexibility index (Phi) is 10.7. The predicted molar refractivity (Wildman–Crippen MR) is 197 cm³/mol. The molecular weight excluding hydrogens is 793 g/mol. The summed E-state index contributed by atoms with van der Waals surface area (Å²) in [6.07, 6.45) is -4.10. The second kappa shape index (κ2) is 14.9. The number of nitrogens with zero attached hydrogens (tertiary/aromatic N) is 3. The summed E-state index contributed by atoms with van der Waals surface area (Å²) >= 11 is 0. The zero-order chi connectivity index (χ0) is 42.0. The van der Waals surface area contributed by atoms with E-state index in [1.165, 1.54) is 19.1 Å². The van der Waals surface area contributed by atoms with Gasteiger partial charge in [-0.25, -0.2) is 32.0 Å². The van der Waals surface area contributed by atoms with Crippen LogP contribution in [0.1, 0.15) is 78.3 Å². The maximum absolute atomic E-state index is 16.1. The Morgan fingerprint density at radius 2 is 1.71 bits per heavy atom. The number of nitrogens with one attached hydrogen (secondary N) is 3. The molecular formula is C38H46F4N6O9S. The van der Waals surface area contributed by atoms with Gasteiger partial charge in [0.05, 0.1) is 41.0 Å². The van der Waals surface area contributed by atoms with Crippen molar-refractivity contribution in [3.8, 4) is 5.88 Å². The Labute approximate surface area is 332 Å². The van der Waals surface area contributed by atoms with Crippen LogP contribution in [0.2, 0.25) is 0 Å². The van der Waals surface area contributed by atoms with Gasteiger partial charge in [0.2, 0.25) is 34.1 Å². The molecule has 15 nitrogen and oxygen atoms in total. The Bertz CT molecular complexity index is 2130. The number of fused-ring (bicyclic) bond motifs is 5. The highest BCUT2D eigenvalue weighted by molar-refractivity contribution is 7.91. The molecule has 6 unspecified atom stereocenters. The summed E-state index contributed by atoms with van der Waals surface area (Å²) in [4.78, 5) is 65.3. The fraction of sp³-hybridized carbons (Fsp3) is 0.632. The van der Waals surface area contributed by atoms with E-state index in [-0.39, 0.29) is 30.5 Å². The Balaban J connectivity index is 1.26. The van der Waals surface area contributed by atoms with Crippen LogP contribution in [-0.4, -0.2) is 107 Å². The number of para-hydroxylation sites is 2. The summed E-state index contributed by atoms with van der Waals surface area (Å²) in [5.74, 6) is -9.43. The molecule has 2 bridgehead atoms. The average molecular weight is 839 g/mol. The van der Waals surface area contributed by atoms with E-state index in [4.69, 9.17) is 14.2 Å². The SMILES string of the molecule is CC(C)(C)C1NC(=O)OC2CCCC2OCC=CC(F)(F)c2nc3ccccc3nc2OC2CC(C(=O)N[C@]3(C(=O)NS(=O)(=O)C4(C)CC4)CC3C(F)F)N(C2)C1=O. The third-order valence-corrected chi connectivity index (χ3v) is 13.8. The van der Waals surface area contributed by atoms with Crippen molar-refractivity contribution in [2.45, 2.75) is 126 Å². The van der Waals surface area contributed by atoms with Gasteiger partial charge in [-0.3, -0.25) is 19.1 Å². The summed E-state index contributed by atoms with van der Waals surface area (Å²) < 4.78 is 105. The number of alkyl carbamates (subject to hydrolysis) is 1. The molecule has 3 heterocycles. The monoisotopic (exact) mass is 838 g/mol. The summed E-state index contributed by atoms with van der Waals surface area (Å²) in [5.41, 5.74) is -3.91. The zero-order valence-electron chi connectivity index (χ0n) is 32.3. The van der Waals surface area contributed by atoms with Gasteiger partial charge in [-0.05, 0) is 69.1 Å². The number of hydrogen-bond donors (Lipinski definition) is 3. The molecule has 1 saturated heterocycles. The van der Waals surface area contributed by atoms with Crippen LogP contribution >= 0.6 is 0 Å². The largest absolute Gasteiger partial charge is 0.471 e. The Hall–Kier alpha value is -4.59. The smallest absolute Gasteiger partial charge is 0.408 e. The van der Waals surface area contributed by atoms with Crippen molar-refractivity contribution in [1.29, 1.82) is 0 Å². The van der Waals surface area contributed by atoms with Crippen LogP contribution in [0.3, 0.4) is 0 Å². The maximum atomic E-state index is 16.1. The van der Waals surface area contributed by atoms with Crippen LogP contribution in [0.25, 0.3) is 11.0 Å². The molecule has 2 aromatic rings. The molecule has 7 rings (SSSR count). The molecule has 316 valence electrons. The minimum absolute atomic E-state index is 0.130. The van der Waals surface area contributed by atoms with Gasteiger partial charge in [-0.15, -0.1) is 0 Å². The number of ether oxygens (including phenoxy) is 3. The molecule has 5 aliphatic rings. The lowest BCUT2D eigenvalue weighted by atomic mass is 9.85. The van der Waals surface area contributed by atoms with Crippen LogP contribution in [0.15, 0.2) is 36.4 Å². The van der Waals surface area contributed by atoms with Crippen LogP contribution in [0.5, 0.6) is 5.88 Å². The minimum Gasteiger partial charge on any atom is -0.471 e. The number of halogens is 4. The van der Waals surface area contributed by atoms with Crippen molar-refractivity contribution in [3.05, 3.63) is 42.1 Å². The number of benzene rings is 1. The first-order valence-corrected chi connectivity index (χ1v) is 20.7. The van der Waals surface area contributed by atoms with Crippen molar-refractivity contribution in [3.63, 3.8) is 0 Å². The van der Waals surface area contributed by atoms with Gasteiger partial charge in [0, 0.05) is 6.42 Å². The van der Waals surface area contributed by atoms with E-state index >= 15 is 8.78 Å². The number of alkyl halides is 4. The molecule has 1 aromatic carbocycles. The fourth-order valence-corrected chi connectivity index (χ4v) is 9.04. The molecule has 0 radical (unpaired) electrons. The molecule has 7 atom stereocenters. The Morgan fingerprint density at radius 3 is 2.34 bits per heavy atom. The third kappa shape index (κ3) is 8.05. The van der Waals surface area contributed by atoms with Crippen molar-refractivity contribution in [2.24, 2.45) is 11.3 Å². The highest BCUT2D eigenvalue weighted by Gasteiger charge is 2.67. The average Bonchev–Trinajstić information content (AvgIpc) is 3.97. The molecule has 58 heavy (non-hydrogen) atoms. The molecule has 20 heteroatoms. The molecule has 0 spiro atoms. The third-order valence-electron chi connectivity index (χ3n) is 11.6. The van der Waals surface area contributed by atoms with E-state index < -0.39 is 129 Å². The highest BCUT2D eigenvalue weighted by Crippen LogP contribution is 2.49. The molecule has 4 amide bonds. The number of rotatable bonds is 6.